The summed E-state index contributed by atoms with van der Waals surface area (Å²) in [6.07, 6.45) is -0.580. The lowest BCUT2D eigenvalue weighted by Crippen LogP contribution is -2.44. The fourth-order valence-corrected chi connectivity index (χ4v) is 2.49. The number of carbonyl (C=O) groups excluding carboxylic acids is 1. The Morgan fingerprint density at radius 1 is 1.32 bits per heavy atom. The summed E-state index contributed by atoms with van der Waals surface area (Å²) < 4.78 is 5.61. The van der Waals surface area contributed by atoms with Gasteiger partial charge in [-0.05, 0) is 18.6 Å². The second kappa shape index (κ2) is 5.41. The third-order valence-electron chi connectivity index (χ3n) is 3.64. The van der Waals surface area contributed by atoms with Crippen molar-refractivity contribution in [1.29, 1.82) is 5.26 Å². The Kier molecular flexibility index (Phi) is 3.43. The molecule has 0 spiro atoms. The highest BCUT2D eigenvalue weighted by molar-refractivity contribution is 6.00. The summed E-state index contributed by atoms with van der Waals surface area (Å²) in [5.74, 6) is 0.393. The third-order valence-corrected chi connectivity index (χ3v) is 3.64. The molecule has 2 aromatic carbocycles. The minimum atomic E-state index is -0.580. The third kappa shape index (κ3) is 2.35. The zero-order valence-corrected chi connectivity index (χ0v) is 12.1. The molecule has 1 aliphatic rings. The summed E-state index contributed by atoms with van der Waals surface area (Å²) in [5.41, 5.74) is 8.10. The van der Waals surface area contributed by atoms with Crippen molar-refractivity contribution in [2.24, 2.45) is 0 Å². The molecular weight excluding hydrogens is 278 g/mol. The molecule has 0 saturated carbocycles. The van der Waals surface area contributed by atoms with Gasteiger partial charge in [0.05, 0.1) is 23.5 Å². The van der Waals surface area contributed by atoms with Gasteiger partial charge in [0.25, 0.3) is 5.91 Å². The van der Waals surface area contributed by atoms with Gasteiger partial charge in [0.2, 0.25) is 0 Å². The van der Waals surface area contributed by atoms with Crippen LogP contribution in [0.1, 0.15) is 18.1 Å². The van der Waals surface area contributed by atoms with E-state index in [9.17, 15) is 4.79 Å². The van der Waals surface area contributed by atoms with E-state index < -0.39 is 6.10 Å². The van der Waals surface area contributed by atoms with E-state index in [2.05, 4.69) is 0 Å². The van der Waals surface area contributed by atoms with Crippen molar-refractivity contribution in [3.63, 3.8) is 0 Å². The standard InChI is InChI=1S/C17H15N3O2/c1-11-17(21)20(10-12-5-3-2-4-6-12)15-7-13(9-18)14(19)8-16(15)22-11/h2-8,11H,10,19H2,1H3/t11-/m1/s1. The smallest absolute Gasteiger partial charge is 0.268 e. The summed E-state index contributed by atoms with van der Waals surface area (Å²) in [7, 11) is 0. The number of anilines is 2. The zero-order valence-electron chi connectivity index (χ0n) is 12.1. The fraction of sp³-hybridized carbons (Fsp3) is 0.176. The van der Waals surface area contributed by atoms with Crippen LogP contribution < -0.4 is 15.4 Å². The fourth-order valence-electron chi connectivity index (χ4n) is 2.49. The van der Waals surface area contributed by atoms with Gasteiger partial charge in [-0.2, -0.15) is 5.26 Å². The molecule has 1 heterocycles. The van der Waals surface area contributed by atoms with E-state index in [4.69, 9.17) is 15.7 Å². The van der Waals surface area contributed by atoms with E-state index in [0.717, 1.165) is 5.56 Å². The monoisotopic (exact) mass is 293 g/mol. The number of ether oxygens (including phenoxy) is 1. The number of nitriles is 1. The molecule has 22 heavy (non-hydrogen) atoms. The van der Waals surface area contributed by atoms with E-state index in [1.165, 1.54) is 0 Å². The molecule has 2 N–H and O–H groups in total. The maximum atomic E-state index is 12.5. The largest absolute Gasteiger partial charge is 0.479 e. The first-order valence-electron chi connectivity index (χ1n) is 6.95. The number of hydrogen-bond acceptors (Lipinski definition) is 4. The summed E-state index contributed by atoms with van der Waals surface area (Å²) in [6.45, 7) is 2.13. The molecule has 1 atom stereocenters. The number of fused-ring (bicyclic) bond motifs is 1. The van der Waals surface area contributed by atoms with Crippen LogP contribution in [0, 0.1) is 11.3 Å². The van der Waals surface area contributed by atoms with E-state index in [1.807, 2.05) is 36.4 Å². The Hall–Kier alpha value is -3.00. The van der Waals surface area contributed by atoms with Crippen LogP contribution in [0.4, 0.5) is 11.4 Å². The Morgan fingerprint density at radius 3 is 2.73 bits per heavy atom. The molecule has 1 aliphatic heterocycles. The molecule has 0 unspecified atom stereocenters. The highest BCUT2D eigenvalue weighted by atomic mass is 16.5. The second-order valence-corrected chi connectivity index (χ2v) is 5.19. The molecule has 0 aliphatic carbocycles. The first-order valence-corrected chi connectivity index (χ1v) is 6.95. The van der Waals surface area contributed by atoms with Crippen LogP contribution in [0.15, 0.2) is 42.5 Å². The van der Waals surface area contributed by atoms with Gasteiger partial charge in [0.15, 0.2) is 6.10 Å². The molecule has 0 saturated heterocycles. The van der Waals surface area contributed by atoms with Crippen molar-refractivity contribution >= 4 is 17.3 Å². The highest BCUT2D eigenvalue weighted by Gasteiger charge is 2.32. The number of benzene rings is 2. The van der Waals surface area contributed by atoms with Crippen LogP contribution in [0.5, 0.6) is 5.75 Å². The predicted molar refractivity (Wildman–Crippen MR) is 83.3 cm³/mol. The molecule has 0 aromatic heterocycles. The van der Waals surface area contributed by atoms with E-state index in [1.54, 1.807) is 24.0 Å². The second-order valence-electron chi connectivity index (χ2n) is 5.19. The van der Waals surface area contributed by atoms with Gasteiger partial charge < -0.3 is 15.4 Å². The van der Waals surface area contributed by atoms with Crippen molar-refractivity contribution in [1.82, 2.24) is 0 Å². The van der Waals surface area contributed by atoms with Gasteiger partial charge in [0.1, 0.15) is 11.8 Å². The molecule has 1 amide bonds. The predicted octanol–water partition coefficient (Wildman–Crippen LogP) is 2.45. The average Bonchev–Trinajstić information content (AvgIpc) is 2.52. The molecule has 3 rings (SSSR count). The lowest BCUT2D eigenvalue weighted by molar-refractivity contribution is -0.125. The molecule has 2 aromatic rings. The maximum Gasteiger partial charge on any atom is 0.268 e. The number of amides is 1. The summed E-state index contributed by atoms with van der Waals surface area (Å²) in [5, 5.41) is 9.14. The maximum absolute atomic E-state index is 12.5. The highest BCUT2D eigenvalue weighted by Crippen LogP contribution is 2.38. The summed E-state index contributed by atoms with van der Waals surface area (Å²) in [6, 6.07) is 14.9. The topological polar surface area (TPSA) is 79.3 Å². The summed E-state index contributed by atoms with van der Waals surface area (Å²) in [4.78, 5) is 14.1. The number of nitrogens with zero attached hydrogens (tertiary/aromatic N) is 2. The average molecular weight is 293 g/mol. The van der Waals surface area contributed by atoms with Crippen molar-refractivity contribution in [2.75, 3.05) is 10.6 Å². The van der Waals surface area contributed by atoms with Crippen molar-refractivity contribution in [3.8, 4) is 11.8 Å². The quantitative estimate of drug-likeness (QED) is 0.863. The Morgan fingerprint density at radius 2 is 2.05 bits per heavy atom. The lowest BCUT2D eigenvalue weighted by Gasteiger charge is -2.33. The first-order chi connectivity index (χ1) is 10.6. The zero-order chi connectivity index (χ0) is 15.7. The number of rotatable bonds is 2. The molecule has 0 radical (unpaired) electrons. The van der Waals surface area contributed by atoms with Crippen LogP contribution in [0.2, 0.25) is 0 Å². The molecule has 5 heteroatoms. The van der Waals surface area contributed by atoms with Gasteiger partial charge in [-0.15, -0.1) is 0 Å². The molecular formula is C17H15N3O2. The normalized spacial score (nSPS) is 16.6. The van der Waals surface area contributed by atoms with Gasteiger partial charge in [0, 0.05) is 6.07 Å². The first kappa shape index (κ1) is 14.0. The van der Waals surface area contributed by atoms with Gasteiger partial charge in [-0.1, -0.05) is 30.3 Å². The Bertz CT molecular complexity index is 765. The Balaban J connectivity index is 2.06. The number of nitrogen functional groups attached to an aromatic ring is 1. The van der Waals surface area contributed by atoms with Gasteiger partial charge in [-0.3, -0.25) is 4.79 Å². The van der Waals surface area contributed by atoms with Crippen LogP contribution in [-0.4, -0.2) is 12.0 Å². The van der Waals surface area contributed by atoms with E-state index in [0.29, 0.717) is 29.2 Å². The van der Waals surface area contributed by atoms with Crippen LogP contribution >= 0.6 is 0 Å². The van der Waals surface area contributed by atoms with Crippen LogP contribution in [0.3, 0.4) is 0 Å². The SMILES string of the molecule is C[C@H]1Oc2cc(N)c(C#N)cc2N(Cc2ccccc2)C1=O. The minimum Gasteiger partial charge on any atom is -0.479 e. The molecule has 0 fully saturated rings. The molecule has 0 bridgehead atoms. The van der Waals surface area contributed by atoms with Crippen LogP contribution in [-0.2, 0) is 11.3 Å². The number of nitrogens with two attached hydrogens (primary N) is 1. The van der Waals surface area contributed by atoms with Crippen LogP contribution in [0.25, 0.3) is 0 Å². The Labute approximate surface area is 128 Å². The number of carbonyl (C=O) groups is 1. The van der Waals surface area contributed by atoms with E-state index >= 15 is 0 Å². The van der Waals surface area contributed by atoms with Crippen molar-refractivity contribution in [2.45, 2.75) is 19.6 Å². The van der Waals surface area contributed by atoms with E-state index in [-0.39, 0.29) is 5.91 Å². The molecule has 110 valence electrons. The van der Waals surface area contributed by atoms with Crippen molar-refractivity contribution in [3.05, 3.63) is 53.6 Å². The lowest BCUT2D eigenvalue weighted by atomic mass is 10.1. The minimum absolute atomic E-state index is 0.134. The van der Waals surface area contributed by atoms with Crippen molar-refractivity contribution < 1.29 is 9.53 Å². The molecule has 5 nitrogen and oxygen atoms in total. The van der Waals surface area contributed by atoms with Gasteiger partial charge >= 0.3 is 0 Å². The number of hydrogen-bond donors (Lipinski definition) is 1. The summed E-state index contributed by atoms with van der Waals surface area (Å²) >= 11 is 0. The van der Waals surface area contributed by atoms with Gasteiger partial charge in [-0.25, -0.2) is 0 Å².